The number of hydrogen-bond acceptors (Lipinski definition) is 2. The predicted octanol–water partition coefficient (Wildman–Crippen LogP) is 3.12. The summed E-state index contributed by atoms with van der Waals surface area (Å²) in [5, 5.41) is 10.9. The second-order valence-electron chi connectivity index (χ2n) is 3.07. The summed E-state index contributed by atoms with van der Waals surface area (Å²) in [6.07, 6.45) is 0.986. The Morgan fingerprint density at radius 2 is 1.86 bits per heavy atom. The minimum Gasteiger partial charge on any atom is -0.465 e. The first-order valence-corrected chi connectivity index (χ1v) is 5.42. The number of anilines is 1. The van der Waals surface area contributed by atoms with E-state index >= 15 is 0 Å². The summed E-state index contributed by atoms with van der Waals surface area (Å²) in [7, 11) is 0. The molecule has 76 valence electrons. The van der Waals surface area contributed by atoms with Crippen LogP contribution in [0.1, 0.15) is 11.1 Å². The molecule has 1 rings (SSSR count). The fraction of sp³-hybridized carbons (Fsp3) is 0.300. The van der Waals surface area contributed by atoms with Crippen molar-refractivity contribution in [3.05, 3.63) is 23.3 Å². The summed E-state index contributed by atoms with van der Waals surface area (Å²) in [5.41, 5.74) is 2.83. The van der Waals surface area contributed by atoms with Crippen LogP contribution < -0.4 is 5.32 Å². The van der Waals surface area contributed by atoms with Crippen molar-refractivity contribution in [3.63, 3.8) is 0 Å². The van der Waals surface area contributed by atoms with Gasteiger partial charge in [-0.2, -0.15) is 0 Å². The van der Waals surface area contributed by atoms with Gasteiger partial charge in [-0.1, -0.05) is 0 Å². The van der Waals surface area contributed by atoms with Crippen molar-refractivity contribution in [2.24, 2.45) is 0 Å². The molecule has 0 spiro atoms. The zero-order valence-corrected chi connectivity index (χ0v) is 9.23. The summed E-state index contributed by atoms with van der Waals surface area (Å²) < 4.78 is 0. The van der Waals surface area contributed by atoms with Gasteiger partial charge in [-0.3, -0.25) is 5.32 Å². The van der Waals surface area contributed by atoms with Gasteiger partial charge in [0.15, 0.2) is 0 Å². The van der Waals surface area contributed by atoms with E-state index in [0.717, 1.165) is 11.1 Å². The summed E-state index contributed by atoms with van der Waals surface area (Å²) in [5.74, 6) is 0. The summed E-state index contributed by atoms with van der Waals surface area (Å²) in [6.45, 7) is 3.96. The normalized spacial score (nSPS) is 9.93. The molecule has 4 heteroatoms. The van der Waals surface area contributed by atoms with Gasteiger partial charge in [0.05, 0.1) is 0 Å². The Morgan fingerprint density at radius 1 is 1.36 bits per heavy atom. The average Bonchev–Trinajstić information content (AvgIpc) is 2.01. The van der Waals surface area contributed by atoms with Crippen molar-refractivity contribution in [1.82, 2.24) is 0 Å². The van der Waals surface area contributed by atoms with Crippen LogP contribution in [0.15, 0.2) is 17.0 Å². The Labute approximate surface area is 87.5 Å². The summed E-state index contributed by atoms with van der Waals surface area (Å²) >= 11 is 1.67. The van der Waals surface area contributed by atoms with Gasteiger partial charge in [0.2, 0.25) is 0 Å². The van der Waals surface area contributed by atoms with Crippen molar-refractivity contribution < 1.29 is 9.90 Å². The average molecular weight is 211 g/mol. The van der Waals surface area contributed by atoms with Crippen LogP contribution in [0.5, 0.6) is 0 Å². The molecule has 0 aromatic heterocycles. The number of benzene rings is 1. The molecule has 0 saturated heterocycles. The number of rotatable bonds is 2. The lowest BCUT2D eigenvalue weighted by atomic mass is 10.1. The first kappa shape index (κ1) is 10.9. The molecule has 1 aromatic carbocycles. The molecule has 1 aromatic rings. The molecular weight excluding hydrogens is 198 g/mol. The Morgan fingerprint density at radius 3 is 2.21 bits per heavy atom. The van der Waals surface area contributed by atoms with E-state index in [1.807, 2.05) is 32.2 Å². The molecule has 0 bridgehead atoms. The van der Waals surface area contributed by atoms with Crippen molar-refractivity contribution in [2.75, 3.05) is 11.6 Å². The smallest absolute Gasteiger partial charge is 0.409 e. The number of nitrogens with one attached hydrogen (secondary N) is 1. The van der Waals surface area contributed by atoms with Crippen LogP contribution in [-0.2, 0) is 0 Å². The molecule has 0 heterocycles. The first-order chi connectivity index (χ1) is 6.54. The Kier molecular flexibility index (Phi) is 3.41. The Hall–Kier alpha value is -1.16. The predicted molar refractivity (Wildman–Crippen MR) is 59.3 cm³/mol. The molecule has 0 aliphatic rings. The van der Waals surface area contributed by atoms with E-state index < -0.39 is 6.09 Å². The number of hydrogen-bond donors (Lipinski definition) is 2. The lowest BCUT2D eigenvalue weighted by Gasteiger charge is -2.09. The van der Waals surface area contributed by atoms with Crippen LogP contribution >= 0.6 is 11.8 Å². The molecule has 0 saturated carbocycles. The van der Waals surface area contributed by atoms with Crippen molar-refractivity contribution in [3.8, 4) is 0 Å². The minimum absolute atomic E-state index is 0.630. The molecule has 0 atom stereocenters. The first-order valence-electron chi connectivity index (χ1n) is 4.19. The maximum atomic E-state index is 10.4. The summed E-state index contributed by atoms with van der Waals surface area (Å²) in [6, 6.07) is 3.68. The fourth-order valence-corrected chi connectivity index (χ4v) is 2.23. The molecule has 0 radical (unpaired) electrons. The van der Waals surface area contributed by atoms with E-state index in [1.165, 1.54) is 4.90 Å². The number of aryl methyl sites for hydroxylation is 2. The van der Waals surface area contributed by atoms with E-state index in [0.29, 0.717) is 5.69 Å². The van der Waals surface area contributed by atoms with Crippen molar-refractivity contribution in [1.29, 1.82) is 0 Å². The van der Waals surface area contributed by atoms with Gasteiger partial charge in [-0.05, 0) is 43.4 Å². The van der Waals surface area contributed by atoms with Crippen molar-refractivity contribution in [2.45, 2.75) is 18.7 Å². The maximum Gasteiger partial charge on any atom is 0.409 e. The molecular formula is C10H13NO2S. The zero-order valence-electron chi connectivity index (χ0n) is 8.42. The third-order valence-corrected chi connectivity index (χ3v) is 2.97. The van der Waals surface area contributed by atoms with E-state index in [4.69, 9.17) is 5.11 Å². The Balaban J connectivity index is 3.07. The van der Waals surface area contributed by atoms with E-state index in [-0.39, 0.29) is 0 Å². The van der Waals surface area contributed by atoms with Crippen LogP contribution in [0.4, 0.5) is 10.5 Å². The number of thioether (sulfide) groups is 1. The number of carboxylic acid groups (broad SMARTS) is 1. The molecule has 3 nitrogen and oxygen atoms in total. The van der Waals surface area contributed by atoms with Gasteiger partial charge in [0.1, 0.15) is 0 Å². The highest BCUT2D eigenvalue weighted by Crippen LogP contribution is 2.27. The van der Waals surface area contributed by atoms with E-state index in [1.54, 1.807) is 11.8 Å². The molecule has 0 fully saturated rings. The highest BCUT2D eigenvalue weighted by Gasteiger charge is 2.05. The fourth-order valence-electron chi connectivity index (χ4n) is 1.47. The highest BCUT2D eigenvalue weighted by atomic mass is 32.2. The minimum atomic E-state index is -1.03. The largest absolute Gasteiger partial charge is 0.465 e. The van der Waals surface area contributed by atoms with Gasteiger partial charge in [-0.25, -0.2) is 4.79 Å². The molecule has 14 heavy (non-hydrogen) atoms. The van der Waals surface area contributed by atoms with Gasteiger partial charge < -0.3 is 5.11 Å². The van der Waals surface area contributed by atoms with Gasteiger partial charge in [-0.15, -0.1) is 11.8 Å². The lowest BCUT2D eigenvalue weighted by molar-refractivity contribution is 0.210. The quantitative estimate of drug-likeness (QED) is 0.739. The number of amides is 1. The van der Waals surface area contributed by atoms with Gasteiger partial charge >= 0.3 is 6.09 Å². The molecule has 0 aliphatic heterocycles. The molecule has 1 amide bonds. The monoisotopic (exact) mass is 211 g/mol. The summed E-state index contributed by atoms with van der Waals surface area (Å²) in [4.78, 5) is 11.6. The van der Waals surface area contributed by atoms with Crippen LogP contribution in [0, 0.1) is 13.8 Å². The topological polar surface area (TPSA) is 49.3 Å². The second kappa shape index (κ2) is 4.37. The van der Waals surface area contributed by atoms with Crippen LogP contribution in [-0.4, -0.2) is 17.5 Å². The molecule has 2 N–H and O–H groups in total. The van der Waals surface area contributed by atoms with Crippen molar-refractivity contribution >= 4 is 23.5 Å². The highest BCUT2D eigenvalue weighted by molar-refractivity contribution is 7.98. The van der Waals surface area contributed by atoms with Gasteiger partial charge in [0, 0.05) is 10.6 Å². The van der Waals surface area contributed by atoms with E-state index in [2.05, 4.69) is 5.32 Å². The second-order valence-corrected chi connectivity index (χ2v) is 3.89. The molecule has 0 unspecified atom stereocenters. The lowest BCUT2D eigenvalue weighted by Crippen LogP contribution is -2.07. The van der Waals surface area contributed by atoms with Gasteiger partial charge in [0.25, 0.3) is 0 Å². The Bertz CT molecular complexity index is 340. The molecule has 0 aliphatic carbocycles. The van der Waals surface area contributed by atoms with Crippen LogP contribution in [0.2, 0.25) is 0 Å². The third-order valence-electron chi connectivity index (χ3n) is 1.92. The SMILES string of the molecule is CSc1c(C)cc(NC(=O)O)cc1C. The zero-order chi connectivity index (χ0) is 10.7. The van der Waals surface area contributed by atoms with Crippen LogP contribution in [0.25, 0.3) is 0 Å². The standard InChI is InChI=1S/C10H13NO2S/c1-6-4-8(11-10(12)13)5-7(2)9(6)14-3/h4-5,11H,1-3H3,(H,12,13). The van der Waals surface area contributed by atoms with E-state index in [9.17, 15) is 4.79 Å². The van der Waals surface area contributed by atoms with Crippen LogP contribution in [0.3, 0.4) is 0 Å². The third kappa shape index (κ3) is 2.42. The maximum absolute atomic E-state index is 10.4. The number of carbonyl (C=O) groups is 1.